The van der Waals surface area contributed by atoms with Gasteiger partial charge in [0.05, 0.1) is 17.0 Å². The van der Waals surface area contributed by atoms with Crippen LogP contribution in [0.25, 0.3) is 0 Å². The molecule has 0 saturated carbocycles. The highest BCUT2D eigenvalue weighted by molar-refractivity contribution is 7.91. The maximum Gasteiger partial charge on any atom is 0.252 e. The second-order valence-electron chi connectivity index (χ2n) is 4.06. The standard InChI is InChI=1S/C10H14ClNO3S2/c1-7-5-9(16-10(7)11)17(13,14)12(2)8-3-4-15-6-8/h5,8H,3-4,6H2,1-2H3. The molecule has 0 aromatic carbocycles. The molecule has 1 aliphatic heterocycles. The van der Waals surface area contributed by atoms with Crippen LogP contribution in [-0.4, -0.2) is 39.0 Å². The summed E-state index contributed by atoms with van der Waals surface area (Å²) in [6.07, 6.45) is 0.744. The van der Waals surface area contributed by atoms with Gasteiger partial charge in [-0.2, -0.15) is 4.31 Å². The van der Waals surface area contributed by atoms with Gasteiger partial charge in [-0.25, -0.2) is 8.42 Å². The van der Waals surface area contributed by atoms with Crippen LogP contribution >= 0.6 is 22.9 Å². The topological polar surface area (TPSA) is 46.6 Å². The van der Waals surface area contributed by atoms with Gasteiger partial charge in [0.1, 0.15) is 4.21 Å². The lowest BCUT2D eigenvalue weighted by atomic mass is 10.3. The van der Waals surface area contributed by atoms with Gasteiger partial charge < -0.3 is 4.74 Å². The van der Waals surface area contributed by atoms with Gasteiger partial charge in [0, 0.05) is 13.7 Å². The van der Waals surface area contributed by atoms with Gasteiger partial charge in [-0.1, -0.05) is 11.6 Å². The molecule has 17 heavy (non-hydrogen) atoms. The Morgan fingerprint density at radius 2 is 2.29 bits per heavy atom. The second kappa shape index (κ2) is 4.85. The summed E-state index contributed by atoms with van der Waals surface area (Å²) in [5.74, 6) is 0. The van der Waals surface area contributed by atoms with Crippen molar-refractivity contribution in [2.45, 2.75) is 23.6 Å². The van der Waals surface area contributed by atoms with E-state index in [9.17, 15) is 8.42 Å². The highest BCUT2D eigenvalue weighted by Crippen LogP contribution is 2.32. The highest BCUT2D eigenvalue weighted by Gasteiger charge is 2.31. The molecule has 1 atom stereocenters. The molecule has 0 spiro atoms. The zero-order valence-corrected chi connectivity index (χ0v) is 12.0. The van der Waals surface area contributed by atoms with Crippen LogP contribution < -0.4 is 0 Å². The van der Waals surface area contributed by atoms with Gasteiger partial charge in [0.2, 0.25) is 0 Å². The van der Waals surface area contributed by atoms with E-state index in [0.29, 0.717) is 21.8 Å². The molecular formula is C10H14ClNO3S2. The van der Waals surface area contributed by atoms with E-state index >= 15 is 0 Å². The maximum absolute atomic E-state index is 12.3. The fourth-order valence-electron chi connectivity index (χ4n) is 1.71. The lowest BCUT2D eigenvalue weighted by molar-refractivity contribution is 0.181. The number of nitrogens with zero attached hydrogens (tertiary/aromatic N) is 1. The summed E-state index contributed by atoms with van der Waals surface area (Å²) in [5, 5.41) is 0. The molecule has 2 rings (SSSR count). The van der Waals surface area contributed by atoms with E-state index in [0.717, 1.165) is 23.3 Å². The predicted molar refractivity (Wildman–Crippen MR) is 68.2 cm³/mol. The number of aryl methyl sites for hydroxylation is 1. The Morgan fingerprint density at radius 1 is 1.59 bits per heavy atom. The molecule has 1 fully saturated rings. The average molecular weight is 296 g/mol. The monoisotopic (exact) mass is 295 g/mol. The molecule has 0 radical (unpaired) electrons. The molecule has 1 aromatic heterocycles. The second-order valence-corrected chi connectivity index (χ2v) is 7.94. The fourth-order valence-corrected chi connectivity index (χ4v) is 4.97. The highest BCUT2D eigenvalue weighted by atomic mass is 35.5. The van der Waals surface area contributed by atoms with E-state index in [2.05, 4.69) is 0 Å². The molecule has 2 heterocycles. The molecule has 0 amide bonds. The summed E-state index contributed by atoms with van der Waals surface area (Å²) in [7, 11) is -1.84. The number of thiophene rings is 1. The third-order valence-corrected chi connectivity index (χ3v) is 6.80. The first-order valence-electron chi connectivity index (χ1n) is 5.24. The van der Waals surface area contributed by atoms with Crippen LogP contribution in [0.2, 0.25) is 4.34 Å². The summed E-state index contributed by atoms with van der Waals surface area (Å²) in [6, 6.07) is 1.55. The minimum Gasteiger partial charge on any atom is -0.380 e. The van der Waals surface area contributed by atoms with E-state index in [-0.39, 0.29) is 6.04 Å². The van der Waals surface area contributed by atoms with Crippen molar-refractivity contribution in [3.8, 4) is 0 Å². The Kier molecular flexibility index (Phi) is 3.80. The lowest BCUT2D eigenvalue weighted by Crippen LogP contribution is -2.36. The van der Waals surface area contributed by atoms with Crippen LogP contribution in [0.1, 0.15) is 12.0 Å². The molecule has 1 saturated heterocycles. The smallest absolute Gasteiger partial charge is 0.252 e. The first-order chi connectivity index (χ1) is 7.93. The van der Waals surface area contributed by atoms with Gasteiger partial charge in [0.25, 0.3) is 10.0 Å². The number of likely N-dealkylation sites (N-methyl/N-ethyl adjacent to an activating group) is 1. The lowest BCUT2D eigenvalue weighted by Gasteiger charge is -2.21. The van der Waals surface area contributed by atoms with Gasteiger partial charge in [-0.05, 0) is 25.0 Å². The van der Waals surface area contributed by atoms with Crippen molar-refractivity contribution in [2.24, 2.45) is 0 Å². The summed E-state index contributed by atoms with van der Waals surface area (Å²) < 4.78 is 32.0. The SMILES string of the molecule is Cc1cc(S(=O)(=O)N(C)C2CCOC2)sc1Cl. The molecular weight excluding hydrogens is 282 g/mol. The fraction of sp³-hybridized carbons (Fsp3) is 0.600. The summed E-state index contributed by atoms with van der Waals surface area (Å²) in [4.78, 5) is 0. The molecule has 0 aliphatic carbocycles. The largest absolute Gasteiger partial charge is 0.380 e. The van der Waals surface area contributed by atoms with Crippen molar-refractivity contribution in [2.75, 3.05) is 20.3 Å². The van der Waals surface area contributed by atoms with E-state index in [1.165, 1.54) is 4.31 Å². The van der Waals surface area contributed by atoms with Crippen molar-refractivity contribution >= 4 is 33.0 Å². The zero-order valence-electron chi connectivity index (χ0n) is 9.64. The van der Waals surface area contributed by atoms with E-state index in [1.807, 2.05) is 0 Å². The quantitative estimate of drug-likeness (QED) is 0.858. The average Bonchev–Trinajstić information content (AvgIpc) is 2.88. The van der Waals surface area contributed by atoms with Crippen LogP contribution in [0.3, 0.4) is 0 Å². The number of rotatable bonds is 3. The number of hydrogen-bond acceptors (Lipinski definition) is 4. The number of sulfonamides is 1. The maximum atomic E-state index is 12.3. The van der Waals surface area contributed by atoms with Gasteiger partial charge >= 0.3 is 0 Å². The summed E-state index contributed by atoms with van der Waals surface area (Å²) >= 11 is 7.01. The molecule has 4 nitrogen and oxygen atoms in total. The third-order valence-electron chi connectivity index (χ3n) is 2.89. The molecule has 1 aromatic rings. The minimum atomic E-state index is -3.44. The van der Waals surface area contributed by atoms with Gasteiger partial charge in [-0.15, -0.1) is 11.3 Å². The van der Waals surface area contributed by atoms with Gasteiger partial charge in [-0.3, -0.25) is 0 Å². The zero-order chi connectivity index (χ0) is 12.6. The van der Waals surface area contributed by atoms with E-state index in [1.54, 1.807) is 20.0 Å². The van der Waals surface area contributed by atoms with Crippen LogP contribution in [0.15, 0.2) is 10.3 Å². The summed E-state index contributed by atoms with van der Waals surface area (Å²) in [5.41, 5.74) is 0.798. The Hall–Kier alpha value is -0.140. The number of hydrogen-bond donors (Lipinski definition) is 0. The van der Waals surface area contributed by atoms with Crippen LogP contribution in [0.5, 0.6) is 0 Å². The molecule has 7 heteroatoms. The van der Waals surface area contributed by atoms with Crippen LogP contribution in [0.4, 0.5) is 0 Å². The van der Waals surface area contributed by atoms with E-state index < -0.39 is 10.0 Å². The van der Waals surface area contributed by atoms with Crippen molar-refractivity contribution in [3.63, 3.8) is 0 Å². The van der Waals surface area contributed by atoms with Crippen molar-refractivity contribution in [1.82, 2.24) is 4.31 Å². The molecule has 96 valence electrons. The first-order valence-corrected chi connectivity index (χ1v) is 7.88. The molecule has 0 bridgehead atoms. The van der Waals surface area contributed by atoms with Crippen LogP contribution in [0, 0.1) is 6.92 Å². The Balaban J connectivity index is 2.29. The Labute approximate surface area is 110 Å². The number of halogens is 1. The Bertz CT molecular complexity index is 486. The predicted octanol–water partition coefficient (Wildman–Crippen LogP) is 2.12. The number of ether oxygens (including phenoxy) is 1. The van der Waals surface area contributed by atoms with E-state index in [4.69, 9.17) is 16.3 Å². The Morgan fingerprint density at radius 3 is 2.76 bits per heavy atom. The van der Waals surface area contributed by atoms with Crippen LogP contribution in [-0.2, 0) is 14.8 Å². The van der Waals surface area contributed by atoms with Crippen molar-refractivity contribution in [3.05, 3.63) is 16.0 Å². The van der Waals surface area contributed by atoms with Gasteiger partial charge in [0.15, 0.2) is 0 Å². The molecule has 1 aliphatic rings. The third kappa shape index (κ3) is 2.51. The van der Waals surface area contributed by atoms with Crippen molar-refractivity contribution in [1.29, 1.82) is 0 Å². The van der Waals surface area contributed by atoms with Crippen molar-refractivity contribution < 1.29 is 13.2 Å². The summed E-state index contributed by atoms with van der Waals surface area (Å²) in [6.45, 7) is 2.89. The molecule has 0 N–H and O–H groups in total. The first kappa shape index (κ1) is 13.3. The normalized spacial score (nSPS) is 21.3. The minimum absolute atomic E-state index is 0.0684. The molecule has 1 unspecified atom stereocenters.